The predicted molar refractivity (Wildman–Crippen MR) is 84.7 cm³/mol. The lowest BCUT2D eigenvalue weighted by atomic mass is 10.00. The Balaban J connectivity index is 1.93. The summed E-state index contributed by atoms with van der Waals surface area (Å²) >= 11 is 0. The number of carbonyl (C=O) groups excluding carboxylic acids is 1. The van der Waals surface area contributed by atoms with Gasteiger partial charge in [0.2, 0.25) is 0 Å². The van der Waals surface area contributed by atoms with E-state index in [-0.39, 0.29) is 5.97 Å². The zero-order valence-electron chi connectivity index (χ0n) is 12.6. The molecular formula is C17H19N3O2. The molecular weight excluding hydrogens is 278 g/mol. The van der Waals surface area contributed by atoms with Crippen molar-refractivity contribution in [1.82, 2.24) is 4.98 Å². The minimum Gasteiger partial charge on any atom is -0.465 e. The van der Waals surface area contributed by atoms with Crippen molar-refractivity contribution < 1.29 is 9.53 Å². The fourth-order valence-corrected chi connectivity index (χ4v) is 2.77. The highest BCUT2D eigenvalue weighted by atomic mass is 16.5. The van der Waals surface area contributed by atoms with Crippen LogP contribution in [0.15, 0.2) is 36.4 Å². The zero-order valence-corrected chi connectivity index (χ0v) is 12.6. The van der Waals surface area contributed by atoms with Crippen molar-refractivity contribution in [3.63, 3.8) is 0 Å². The number of esters is 1. The van der Waals surface area contributed by atoms with Crippen LogP contribution in [0.5, 0.6) is 0 Å². The minimum atomic E-state index is -0.365. The lowest BCUT2D eigenvalue weighted by Gasteiger charge is -2.30. The lowest BCUT2D eigenvalue weighted by Crippen LogP contribution is -2.31. The number of nitrogens with two attached hydrogens (primary N) is 1. The molecule has 0 saturated carbocycles. The quantitative estimate of drug-likeness (QED) is 0.876. The number of ether oxygens (including phenoxy) is 1. The Hall–Kier alpha value is -2.40. The maximum atomic E-state index is 11.8. The molecule has 0 spiro atoms. The number of rotatable bonds is 3. The molecule has 0 unspecified atom stereocenters. The van der Waals surface area contributed by atoms with Crippen LogP contribution >= 0.6 is 0 Å². The first-order valence-electron chi connectivity index (χ1n) is 7.32. The van der Waals surface area contributed by atoms with Crippen LogP contribution in [-0.2, 0) is 24.2 Å². The molecule has 2 N–H and O–H groups in total. The van der Waals surface area contributed by atoms with Gasteiger partial charge in [0.1, 0.15) is 5.82 Å². The fraction of sp³-hybridized carbons (Fsp3) is 0.294. The Morgan fingerprint density at radius 2 is 2.09 bits per heavy atom. The molecule has 0 aliphatic carbocycles. The first kappa shape index (κ1) is 14.5. The summed E-state index contributed by atoms with van der Waals surface area (Å²) in [5, 5.41) is 0. The first-order valence-corrected chi connectivity index (χ1v) is 7.32. The topological polar surface area (TPSA) is 68.5 Å². The van der Waals surface area contributed by atoms with Gasteiger partial charge in [-0.2, -0.15) is 0 Å². The van der Waals surface area contributed by atoms with E-state index in [0.29, 0.717) is 17.8 Å². The summed E-state index contributed by atoms with van der Waals surface area (Å²) in [5.74, 6) is 0.411. The van der Waals surface area contributed by atoms with E-state index in [1.165, 1.54) is 18.2 Å². The van der Waals surface area contributed by atoms with E-state index >= 15 is 0 Å². The van der Waals surface area contributed by atoms with Gasteiger partial charge in [-0.15, -0.1) is 0 Å². The standard InChI is InChI=1S/C17H19N3O2/c1-22-17(21)14-8-15(10-18)19-16(9-14)20-7-6-12-4-2-3-5-13(12)11-20/h2-5,8-9H,6-7,10-11,18H2,1H3. The molecule has 22 heavy (non-hydrogen) atoms. The van der Waals surface area contributed by atoms with Crippen LogP contribution in [0.4, 0.5) is 5.82 Å². The molecule has 0 atom stereocenters. The van der Waals surface area contributed by atoms with Gasteiger partial charge in [-0.1, -0.05) is 24.3 Å². The average Bonchev–Trinajstić information content (AvgIpc) is 2.60. The zero-order chi connectivity index (χ0) is 15.5. The number of hydrogen-bond acceptors (Lipinski definition) is 5. The van der Waals surface area contributed by atoms with Crippen LogP contribution in [-0.4, -0.2) is 24.6 Å². The van der Waals surface area contributed by atoms with Crippen LogP contribution in [0.1, 0.15) is 27.2 Å². The summed E-state index contributed by atoms with van der Waals surface area (Å²) in [6.07, 6.45) is 0.970. The van der Waals surface area contributed by atoms with E-state index in [1.807, 2.05) is 6.07 Å². The van der Waals surface area contributed by atoms with E-state index in [9.17, 15) is 4.79 Å². The van der Waals surface area contributed by atoms with E-state index in [4.69, 9.17) is 10.5 Å². The van der Waals surface area contributed by atoms with Crippen molar-refractivity contribution in [2.45, 2.75) is 19.5 Å². The van der Waals surface area contributed by atoms with Crippen LogP contribution in [0.2, 0.25) is 0 Å². The third-order valence-electron chi connectivity index (χ3n) is 3.95. The molecule has 114 valence electrons. The van der Waals surface area contributed by atoms with Crippen molar-refractivity contribution in [3.05, 3.63) is 58.8 Å². The molecule has 0 saturated heterocycles. The number of anilines is 1. The smallest absolute Gasteiger partial charge is 0.338 e. The summed E-state index contributed by atoms with van der Waals surface area (Å²) in [6.45, 7) is 1.96. The third-order valence-corrected chi connectivity index (χ3v) is 3.95. The minimum absolute atomic E-state index is 0.294. The summed E-state index contributed by atoms with van der Waals surface area (Å²) in [6, 6.07) is 11.9. The molecule has 2 heterocycles. The fourth-order valence-electron chi connectivity index (χ4n) is 2.77. The number of aromatic nitrogens is 1. The van der Waals surface area contributed by atoms with Gasteiger partial charge >= 0.3 is 5.97 Å². The highest BCUT2D eigenvalue weighted by molar-refractivity contribution is 5.90. The summed E-state index contributed by atoms with van der Waals surface area (Å²) in [4.78, 5) is 18.5. The van der Waals surface area contributed by atoms with Crippen LogP contribution in [0.3, 0.4) is 0 Å². The van der Waals surface area contributed by atoms with Crippen LogP contribution in [0.25, 0.3) is 0 Å². The number of hydrogen-bond donors (Lipinski definition) is 1. The normalized spacial score (nSPS) is 13.6. The molecule has 1 aromatic carbocycles. The van der Waals surface area contributed by atoms with Crippen molar-refractivity contribution in [3.8, 4) is 0 Å². The number of pyridine rings is 1. The highest BCUT2D eigenvalue weighted by Gasteiger charge is 2.19. The number of nitrogens with zero attached hydrogens (tertiary/aromatic N) is 2. The Morgan fingerprint density at radius 1 is 1.32 bits per heavy atom. The second kappa shape index (κ2) is 6.15. The first-order chi connectivity index (χ1) is 10.7. The maximum Gasteiger partial charge on any atom is 0.338 e. The number of methoxy groups -OCH3 is 1. The SMILES string of the molecule is COC(=O)c1cc(CN)nc(N2CCc3ccccc3C2)c1. The predicted octanol–water partition coefficient (Wildman–Crippen LogP) is 1.89. The van der Waals surface area contributed by atoms with E-state index < -0.39 is 0 Å². The van der Waals surface area contributed by atoms with Gasteiger partial charge in [0.05, 0.1) is 18.4 Å². The van der Waals surface area contributed by atoms with E-state index in [2.05, 4.69) is 28.1 Å². The third kappa shape index (κ3) is 2.80. The second-order valence-corrected chi connectivity index (χ2v) is 5.34. The van der Waals surface area contributed by atoms with Crippen molar-refractivity contribution in [2.75, 3.05) is 18.6 Å². The van der Waals surface area contributed by atoms with Gasteiger partial charge in [0.25, 0.3) is 0 Å². The van der Waals surface area contributed by atoms with Gasteiger partial charge in [-0.05, 0) is 29.7 Å². The number of carbonyl (C=O) groups is 1. The van der Waals surface area contributed by atoms with Crippen molar-refractivity contribution in [2.24, 2.45) is 5.73 Å². The maximum absolute atomic E-state index is 11.8. The second-order valence-electron chi connectivity index (χ2n) is 5.34. The molecule has 1 aliphatic heterocycles. The molecule has 3 rings (SSSR count). The summed E-state index contributed by atoms with van der Waals surface area (Å²) in [5.41, 5.74) is 9.56. The van der Waals surface area contributed by atoms with Gasteiger partial charge in [0.15, 0.2) is 0 Å². The molecule has 0 bridgehead atoms. The molecule has 0 radical (unpaired) electrons. The molecule has 2 aromatic rings. The van der Waals surface area contributed by atoms with Gasteiger partial charge in [0, 0.05) is 19.6 Å². The molecule has 0 fully saturated rings. The Bertz CT molecular complexity index is 700. The molecule has 1 aromatic heterocycles. The van der Waals surface area contributed by atoms with Crippen molar-refractivity contribution >= 4 is 11.8 Å². The van der Waals surface area contributed by atoms with E-state index in [0.717, 1.165) is 25.3 Å². The summed E-state index contributed by atoms with van der Waals surface area (Å²) in [7, 11) is 1.38. The highest BCUT2D eigenvalue weighted by Crippen LogP contribution is 2.24. The van der Waals surface area contributed by atoms with Crippen LogP contribution in [0, 0.1) is 0 Å². The van der Waals surface area contributed by atoms with Gasteiger partial charge in [-0.25, -0.2) is 9.78 Å². The average molecular weight is 297 g/mol. The molecule has 0 amide bonds. The summed E-state index contributed by atoms with van der Waals surface area (Å²) < 4.78 is 4.81. The van der Waals surface area contributed by atoms with Crippen LogP contribution < -0.4 is 10.6 Å². The van der Waals surface area contributed by atoms with E-state index in [1.54, 1.807) is 12.1 Å². The monoisotopic (exact) mass is 297 g/mol. The molecule has 1 aliphatic rings. The molecule has 5 heteroatoms. The Morgan fingerprint density at radius 3 is 2.82 bits per heavy atom. The van der Waals surface area contributed by atoms with Crippen molar-refractivity contribution in [1.29, 1.82) is 0 Å². The van der Waals surface area contributed by atoms with Gasteiger partial charge < -0.3 is 15.4 Å². The number of fused-ring (bicyclic) bond motifs is 1. The Labute approximate surface area is 129 Å². The lowest BCUT2D eigenvalue weighted by molar-refractivity contribution is 0.0600. The largest absolute Gasteiger partial charge is 0.465 e. The molecule has 5 nitrogen and oxygen atoms in total. The van der Waals surface area contributed by atoms with Gasteiger partial charge in [-0.3, -0.25) is 0 Å². The Kier molecular flexibility index (Phi) is 4.06. The number of benzene rings is 1.